The number of rotatable bonds is 55. The minimum absolute atomic E-state index is 0.117. The first-order valence-corrected chi connectivity index (χ1v) is 31.5. The molecular weight excluding hydrogens is 961 g/mol. The largest absolute Gasteiger partial charge is 0.462 e. The minimum atomic E-state index is -0.834. The van der Waals surface area contributed by atoms with Gasteiger partial charge >= 0.3 is 17.9 Å². The van der Waals surface area contributed by atoms with Gasteiger partial charge in [-0.2, -0.15) is 0 Å². The van der Waals surface area contributed by atoms with E-state index in [0.29, 0.717) is 12.8 Å². The molecule has 0 radical (unpaired) electrons. The SMILES string of the molecule is CC/C=C\C/C=C\C/C=C\C/C=C\C/C=C\C/C=C\CCCCCCCCCCC(=O)OCC(COC(=O)C/C=C\C/C=C\C/C=C\C/C=C\C/C=C\CC)OC(=O)CCCCCCCCC/C=C\C/C=C\CCCCCC. The number of carbonyl (C=O) groups excluding carboxylic acids is 3. The van der Waals surface area contributed by atoms with Gasteiger partial charge in [0.1, 0.15) is 13.2 Å². The number of esters is 3. The van der Waals surface area contributed by atoms with E-state index in [9.17, 15) is 14.4 Å². The van der Waals surface area contributed by atoms with E-state index in [1.807, 2.05) is 6.08 Å². The van der Waals surface area contributed by atoms with Gasteiger partial charge in [0.15, 0.2) is 6.10 Å². The molecule has 438 valence electrons. The van der Waals surface area contributed by atoms with Crippen LogP contribution in [0.15, 0.2) is 158 Å². The Bertz CT molecular complexity index is 1760. The number of allylic oxidation sites excluding steroid dienone is 25. The second-order valence-corrected chi connectivity index (χ2v) is 20.2. The molecule has 0 fully saturated rings. The summed E-state index contributed by atoms with van der Waals surface area (Å²) in [4.78, 5) is 38.2. The lowest BCUT2D eigenvalue weighted by molar-refractivity contribution is -0.166. The smallest absolute Gasteiger partial charge is 0.309 e. The molecule has 0 bridgehead atoms. The van der Waals surface area contributed by atoms with E-state index >= 15 is 0 Å². The zero-order valence-electron chi connectivity index (χ0n) is 50.1. The van der Waals surface area contributed by atoms with Crippen LogP contribution in [0.4, 0.5) is 0 Å². The maximum Gasteiger partial charge on any atom is 0.309 e. The zero-order valence-corrected chi connectivity index (χ0v) is 50.1. The first-order valence-electron chi connectivity index (χ1n) is 31.5. The normalized spacial score (nSPS) is 13.2. The van der Waals surface area contributed by atoms with E-state index in [2.05, 4.69) is 167 Å². The number of hydrogen-bond acceptors (Lipinski definition) is 6. The highest BCUT2D eigenvalue weighted by Gasteiger charge is 2.19. The monoisotopic (exact) mass is 1070 g/mol. The second-order valence-electron chi connectivity index (χ2n) is 20.2. The molecule has 0 heterocycles. The third-order valence-electron chi connectivity index (χ3n) is 12.8. The topological polar surface area (TPSA) is 78.9 Å². The highest BCUT2D eigenvalue weighted by Crippen LogP contribution is 2.14. The standard InChI is InChI=1S/C72H114O6/c1-4-7-10-13-16-19-22-25-28-30-32-33-34-35-36-37-38-39-40-42-44-47-50-53-56-59-62-65-71(74)77-68-69(67-76-70(73)64-61-58-55-52-49-46-43-27-24-21-18-15-12-9-6-3)78-72(75)66-63-60-57-54-51-48-45-41-31-29-26-23-20-17-14-11-8-5-2/h7,9-10,12,16,18-21,23,25,27-29,31-33,35-36,38-39,43,49,52,58,61,69H,4-6,8,11,13-15,17,22,24,26,30,34,37,40-42,44-48,50-51,53-57,59-60,62-68H2,1-3H3/b10-7-,12-9-,19-16-,21-18-,23-20-,28-25-,31-29-,33-32-,36-35-,39-38-,43-27-,52-49-,61-58-. The lowest BCUT2D eigenvalue weighted by atomic mass is 10.1. The molecular formula is C72H114O6. The van der Waals surface area contributed by atoms with E-state index in [1.165, 1.54) is 83.5 Å². The fourth-order valence-corrected chi connectivity index (χ4v) is 8.14. The van der Waals surface area contributed by atoms with Gasteiger partial charge in [-0.15, -0.1) is 0 Å². The van der Waals surface area contributed by atoms with Crippen LogP contribution in [0, 0.1) is 0 Å². The van der Waals surface area contributed by atoms with E-state index in [1.54, 1.807) is 6.08 Å². The maximum atomic E-state index is 12.9. The van der Waals surface area contributed by atoms with Crippen molar-refractivity contribution in [1.29, 1.82) is 0 Å². The number of carbonyl (C=O) groups is 3. The molecule has 1 atom stereocenters. The molecule has 0 saturated carbocycles. The predicted molar refractivity (Wildman–Crippen MR) is 338 cm³/mol. The van der Waals surface area contributed by atoms with Crippen LogP contribution in [0.5, 0.6) is 0 Å². The van der Waals surface area contributed by atoms with Crippen molar-refractivity contribution in [2.75, 3.05) is 13.2 Å². The summed E-state index contributed by atoms with van der Waals surface area (Å²) in [7, 11) is 0. The lowest BCUT2D eigenvalue weighted by Crippen LogP contribution is -2.30. The van der Waals surface area contributed by atoms with E-state index in [0.717, 1.165) is 135 Å². The van der Waals surface area contributed by atoms with Gasteiger partial charge in [0.2, 0.25) is 0 Å². The molecule has 0 aliphatic heterocycles. The average Bonchev–Trinajstić information content (AvgIpc) is 3.44. The van der Waals surface area contributed by atoms with Gasteiger partial charge in [0.05, 0.1) is 6.42 Å². The van der Waals surface area contributed by atoms with E-state index in [4.69, 9.17) is 14.2 Å². The third kappa shape index (κ3) is 61.9. The lowest BCUT2D eigenvalue weighted by Gasteiger charge is -2.18. The van der Waals surface area contributed by atoms with Crippen LogP contribution in [0.2, 0.25) is 0 Å². The molecule has 6 nitrogen and oxygen atoms in total. The molecule has 0 rings (SSSR count). The molecule has 0 saturated heterocycles. The second kappa shape index (κ2) is 64.6. The van der Waals surface area contributed by atoms with Crippen LogP contribution in [0.1, 0.15) is 258 Å². The van der Waals surface area contributed by atoms with Gasteiger partial charge in [-0.3, -0.25) is 14.4 Å². The maximum absolute atomic E-state index is 12.9. The number of hydrogen-bond donors (Lipinski definition) is 0. The summed E-state index contributed by atoms with van der Waals surface area (Å²) in [6.45, 7) is 6.29. The predicted octanol–water partition coefficient (Wildman–Crippen LogP) is 21.7. The average molecular weight is 1080 g/mol. The molecule has 0 aromatic carbocycles. The van der Waals surface area contributed by atoms with Gasteiger partial charge in [-0.05, 0) is 128 Å². The Morgan fingerprint density at radius 1 is 0.282 bits per heavy atom. The third-order valence-corrected chi connectivity index (χ3v) is 12.8. The van der Waals surface area contributed by atoms with Crippen molar-refractivity contribution in [3.8, 4) is 0 Å². The molecule has 6 heteroatoms. The first kappa shape index (κ1) is 73.0. The van der Waals surface area contributed by atoms with Crippen LogP contribution in [0.25, 0.3) is 0 Å². The summed E-state index contributed by atoms with van der Waals surface area (Å²) in [5.41, 5.74) is 0. The van der Waals surface area contributed by atoms with Crippen LogP contribution in [0.3, 0.4) is 0 Å². The van der Waals surface area contributed by atoms with Crippen LogP contribution >= 0.6 is 0 Å². The summed E-state index contributed by atoms with van der Waals surface area (Å²) in [6, 6.07) is 0. The van der Waals surface area contributed by atoms with Crippen molar-refractivity contribution in [3.05, 3.63) is 158 Å². The van der Waals surface area contributed by atoms with E-state index < -0.39 is 12.1 Å². The Labute approximate surface area is 480 Å². The van der Waals surface area contributed by atoms with Crippen molar-refractivity contribution in [2.24, 2.45) is 0 Å². The van der Waals surface area contributed by atoms with Crippen molar-refractivity contribution < 1.29 is 28.6 Å². The highest BCUT2D eigenvalue weighted by atomic mass is 16.6. The van der Waals surface area contributed by atoms with Gasteiger partial charge < -0.3 is 14.2 Å². The summed E-state index contributed by atoms with van der Waals surface area (Å²) >= 11 is 0. The van der Waals surface area contributed by atoms with Crippen molar-refractivity contribution >= 4 is 17.9 Å². The molecule has 0 aliphatic carbocycles. The van der Waals surface area contributed by atoms with E-state index in [-0.39, 0.29) is 31.6 Å². The summed E-state index contributed by atoms with van der Waals surface area (Å²) in [5.74, 6) is -1.07. The Morgan fingerprint density at radius 2 is 0.551 bits per heavy atom. The van der Waals surface area contributed by atoms with Gasteiger partial charge in [0.25, 0.3) is 0 Å². The Hall–Kier alpha value is -4.97. The van der Waals surface area contributed by atoms with Crippen LogP contribution in [-0.2, 0) is 28.6 Å². The van der Waals surface area contributed by atoms with Gasteiger partial charge in [-0.25, -0.2) is 0 Å². The Balaban J connectivity index is 4.47. The molecule has 0 aliphatic rings. The summed E-state index contributed by atoms with van der Waals surface area (Å²) in [5, 5.41) is 0. The van der Waals surface area contributed by atoms with Crippen molar-refractivity contribution in [2.45, 2.75) is 264 Å². The molecule has 0 aromatic rings. The molecule has 1 unspecified atom stereocenters. The van der Waals surface area contributed by atoms with Gasteiger partial charge in [0, 0.05) is 12.8 Å². The Morgan fingerprint density at radius 3 is 0.897 bits per heavy atom. The van der Waals surface area contributed by atoms with Crippen LogP contribution < -0.4 is 0 Å². The molecule has 0 amide bonds. The van der Waals surface area contributed by atoms with Crippen LogP contribution in [-0.4, -0.2) is 37.2 Å². The molecule has 0 aromatic heterocycles. The van der Waals surface area contributed by atoms with Crippen molar-refractivity contribution in [1.82, 2.24) is 0 Å². The number of unbranched alkanes of at least 4 members (excludes halogenated alkanes) is 19. The van der Waals surface area contributed by atoms with Crippen molar-refractivity contribution in [3.63, 3.8) is 0 Å². The quantitative estimate of drug-likeness (QED) is 0.0261. The van der Waals surface area contributed by atoms with Gasteiger partial charge in [-0.1, -0.05) is 269 Å². The fraction of sp³-hybridized carbons (Fsp3) is 0.597. The molecule has 0 N–H and O–H groups in total. The zero-order chi connectivity index (χ0) is 56.4. The Kier molecular flexibility index (Phi) is 60.4. The summed E-state index contributed by atoms with van der Waals surface area (Å²) in [6.07, 6.45) is 94.1. The fourth-order valence-electron chi connectivity index (χ4n) is 8.14. The first-order chi connectivity index (χ1) is 38.5. The minimum Gasteiger partial charge on any atom is -0.462 e. The summed E-state index contributed by atoms with van der Waals surface area (Å²) < 4.78 is 16.8. The molecule has 0 spiro atoms. The highest BCUT2D eigenvalue weighted by molar-refractivity contribution is 5.72. The number of ether oxygens (including phenoxy) is 3. The molecule has 78 heavy (non-hydrogen) atoms.